The first-order valence-corrected chi connectivity index (χ1v) is 10.1. The monoisotopic (exact) mass is 384 g/mol. The van der Waals surface area contributed by atoms with Gasteiger partial charge >= 0.3 is 0 Å². The number of methoxy groups -OCH3 is 1. The molecule has 0 radical (unpaired) electrons. The maximum Gasteiger partial charge on any atom is 0.119 e. The summed E-state index contributed by atoms with van der Waals surface area (Å²) in [6, 6.07) is 19.2. The van der Waals surface area contributed by atoms with Gasteiger partial charge in [0.25, 0.3) is 0 Å². The smallest absolute Gasteiger partial charge is 0.119 e. The number of H-pyrrole nitrogens is 1. The molecule has 29 heavy (non-hydrogen) atoms. The van der Waals surface area contributed by atoms with Gasteiger partial charge in [-0.2, -0.15) is 5.10 Å². The highest BCUT2D eigenvalue weighted by Gasteiger charge is 2.29. The van der Waals surface area contributed by atoms with E-state index in [1.54, 1.807) is 7.11 Å². The summed E-state index contributed by atoms with van der Waals surface area (Å²) in [4.78, 5) is 6.98. The average molecular weight is 384 g/mol. The normalized spacial score (nSPS) is 17.1. The second kappa shape index (κ2) is 7.68. The molecule has 0 unspecified atom stereocenters. The standard InChI is InChI=1S/C24H24N4O/c1-29-20-7-2-5-18(14-20)21-15-26-27-24(21)23-8-4-12-28(23)16-17-9-10-22-19(13-17)6-3-11-25-22/h2-3,5-7,9-11,13-15,23H,4,8,12,16H2,1H3,(H,26,27)/t23-/m0/s1. The van der Waals surface area contributed by atoms with E-state index in [9.17, 15) is 0 Å². The third-order valence-corrected chi connectivity index (χ3v) is 5.80. The zero-order chi connectivity index (χ0) is 19.6. The highest BCUT2D eigenvalue weighted by molar-refractivity contribution is 5.78. The van der Waals surface area contributed by atoms with E-state index in [4.69, 9.17) is 4.74 Å². The van der Waals surface area contributed by atoms with Crippen molar-refractivity contribution in [3.05, 3.63) is 78.2 Å². The second-order valence-corrected chi connectivity index (χ2v) is 7.59. The number of aromatic nitrogens is 3. The lowest BCUT2D eigenvalue weighted by Crippen LogP contribution is -2.23. The number of nitrogens with one attached hydrogen (secondary N) is 1. The minimum atomic E-state index is 0.336. The molecule has 146 valence electrons. The van der Waals surface area contributed by atoms with E-state index in [-0.39, 0.29) is 0 Å². The van der Waals surface area contributed by atoms with Crippen molar-refractivity contribution in [2.24, 2.45) is 0 Å². The second-order valence-electron chi connectivity index (χ2n) is 7.59. The van der Waals surface area contributed by atoms with Crippen LogP contribution in [0.25, 0.3) is 22.0 Å². The largest absolute Gasteiger partial charge is 0.497 e. The Morgan fingerprint density at radius 3 is 3.03 bits per heavy atom. The van der Waals surface area contributed by atoms with Crippen LogP contribution < -0.4 is 4.74 Å². The zero-order valence-electron chi connectivity index (χ0n) is 16.5. The number of fused-ring (bicyclic) bond motifs is 1. The molecule has 5 rings (SSSR count). The third kappa shape index (κ3) is 3.49. The molecule has 3 heterocycles. The molecule has 5 heteroatoms. The summed E-state index contributed by atoms with van der Waals surface area (Å²) >= 11 is 0. The number of nitrogens with zero attached hydrogens (tertiary/aromatic N) is 3. The molecule has 0 amide bonds. The summed E-state index contributed by atoms with van der Waals surface area (Å²) < 4.78 is 5.41. The van der Waals surface area contributed by atoms with Crippen LogP contribution in [0.2, 0.25) is 0 Å². The summed E-state index contributed by atoms with van der Waals surface area (Å²) in [7, 11) is 1.70. The Labute approximate surface area is 170 Å². The van der Waals surface area contributed by atoms with Crippen molar-refractivity contribution in [1.29, 1.82) is 0 Å². The first kappa shape index (κ1) is 17.9. The molecule has 2 aromatic carbocycles. The van der Waals surface area contributed by atoms with Crippen molar-refractivity contribution < 1.29 is 4.74 Å². The molecule has 5 nitrogen and oxygen atoms in total. The van der Waals surface area contributed by atoms with Crippen LogP contribution in [-0.2, 0) is 6.54 Å². The Morgan fingerprint density at radius 2 is 2.10 bits per heavy atom. The highest BCUT2D eigenvalue weighted by atomic mass is 16.5. The van der Waals surface area contributed by atoms with Crippen molar-refractivity contribution in [3.8, 4) is 16.9 Å². The summed E-state index contributed by atoms with van der Waals surface area (Å²) in [6.07, 6.45) is 6.10. The summed E-state index contributed by atoms with van der Waals surface area (Å²) in [6.45, 7) is 2.01. The average Bonchev–Trinajstić information content (AvgIpc) is 3.43. The number of hydrogen-bond acceptors (Lipinski definition) is 4. The van der Waals surface area contributed by atoms with Crippen molar-refractivity contribution >= 4 is 10.9 Å². The van der Waals surface area contributed by atoms with Crippen LogP contribution in [-0.4, -0.2) is 33.7 Å². The fraction of sp³-hybridized carbons (Fsp3) is 0.250. The van der Waals surface area contributed by atoms with Gasteiger partial charge in [-0.1, -0.05) is 24.3 Å². The first-order valence-electron chi connectivity index (χ1n) is 10.1. The Hall–Kier alpha value is -3.18. The number of aromatic amines is 1. The predicted octanol–water partition coefficient (Wildman–Crippen LogP) is 4.97. The molecule has 1 N–H and O–H groups in total. The van der Waals surface area contributed by atoms with Crippen molar-refractivity contribution in [2.75, 3.05) is 13.7 Å². The molecular formula is C24H24N4O. The van der Waals surface area contributed by atoms with Crippen LogP contribution in [0.5, 0.6) is 5.75 Å². The van der Waals surface area contributed by atoms with Gasteiger partial charge in [0.15, 0.2) is 0 Å². The Balaban J connectivity index is 1.43. The summed E-state index contributed by atoms with van der Waals surface area (Å²) in [5.74, 6) is 0.864. The molecule has 0 aliphatic carbocycles. The van der Waals surface area contributed by atoms with Gasteiger partial charge in [0, 0.05) is 23.7 Å². The van der Waals surface area contributed by atoms with Gasteiger partial charge in [-0.25, -0.2) is 0 Å². The Bertz CT molecular complexity index is 1140. The lowest BCUT2D eigenvalue weighted by molar-refractivity contribution is 0.245. The van der Waals surface area contributed by atoms with E-state index in [1.165, 1.54) is 23.1 Å². The van der Waals surface area contributed by atoms with Gasteiger partial charge in [-0.15, -0.1) is 0 Å². The summed E-state index contributed by atoms with van der Waals surface area (Å²) in [5, 5.41) is 8.86. The molecular weight excluding hydrogens is 360 g/mol. The van der Waals surface area contributed by atoms with Crippen LogP contribution in [0, 0.1) is 0 Å². The Morgan fingerprint density at radius 1 is 1.14 bits per heavy atom. The van der Waals surface area contributed by atoms with Crippen LogP contribution in [0.1, 0.15) is 30.1 Å². The van der Waals surface area contributed by atoms with E-state index in [0.717, 1.165) is 41.9 Å². The van der Waals surface area contributed by atoms with Gasteiger partial charge in [-0.3, -0.25) is 15.0 Å². The number of hydrogen-bond donors (Lipinski definition) is 1. The predicted molar refractivity (Wildman–Crippen MR) is 115 cm³/mol. The molecule has 1 aliphatic rings. The molecule has 1 aliphatic heterocycles. The molecule has 2 aromatic heterocycles. The van der Waals surface area contributed by atoms with Gasteiger partial charge in [0.1, 0.15) is 5.75 Å². The SMILES string of the molecule is COc1cccc(-c2cn[nH]c2[C@@H]2CCCN2Cc2ccc3ncccc3c2)c1. The molecule has 1 atom stereocenters. The van der Waals surface area contributed by atoms with E-state index in [2.05, 4.69) is 56.5 Å². The van der Waals surface area contributed by atoms with Gasteiger partial charge in [0.2, 0.25) is 0 Å². The number of ether oxygens (including phenoxy) is 1. The molecule has 0 bridgehead atoms. The molecule has 0 spiro atoms. The zero-order valence-corrected chi connectivity index (χ0v) is 16.5. The van der Waals surface area contributed by atoms with Gasteiger partial charge in [-0.05, 0) is 60.8 Å². The van der Waals surface area contributed by atoms with Crippen molar-refractivity contribution in [2.45, 2.75) is 25.4 Å². The van der Waals surface area contributed by atoms with Crippen LogP contribution >= 0.6 is 0 Å². The topological polar surface area (TPSA) is 54.0 Å². The minimum Gasteiger partial charge on any atom is -0.497 e. The number of pyridine rings is 1. The quantitative estimate of drug-likeness (QED) is 0.528. The third-order valence-electron chi connectivity index (χ3n) is 5.80. The van der Waals surface area contributed by atoms with Crippen LogP contribution in [0.3, 0.4) is 0 Å². The number of rotatable bonds is 5. The number of benzene rings is 2. The molecule has 1 saturated heterocycles. The van der Waals surface area contributed by atoms with Crippen LogP contribution in [0.4, 0.5) is 0 Å². The van der Waals surface area contributed by atoms with Crippen molar-refractivity contribution in [3.63, 3.8) is 0 Å². The van der Waals surface area contributed by atoms with E-state index in [0.29, 0.717) is 6.04 Å². The van der Waals surface area contributed by atoms with E-state index >= 15 is 0 Å². The molecule has 0 saturated carbocycles. The molecule has 4 aromatic rings. The molecule has 1 fully saturated rings. The fourth-order valence-electron chi connectivity index (χ4n) is 4.37. The summed E-state index contributed by atoms with van der Waals surface area (Å²) in [5.41, 5.74) is 5.85. The van der Waals surface area contributed by atoms with Crippen molar-refractivity contribution in [1.82, 2.24) is 20.1 Å². The van der Waals surface area contributed by atoms with Crippen LogP contribution in [0.15, 0.2) is 67.0 Å². The number of likely N-dealkylation sites (tertiary alicyclic amines) is 1. The van der Waals surface area contributed by atoms with E-state index < -0.39 is 0 Å². The lowest BCUT2D eigenvalue weighted by Gasteiger charge is -2.25. The van der Waals surface area contributed by atoms with Gasteiger partial charge < -0.3 is 4.74 Å². The highest BCUT2D eigenvalue weighted by Crippen LogP contribution is 2.38. The Kier molecular flexibility index (Phi) is 4.74. The van der Waals surface area contributed by atoms with E-state index in [1.807, 2.05) is 30.6 Å². The lowest BCUT2D eigenvalue weighted by atomic mass is 10.0. The first-order chi connectivity index (χ1) is 14.3. The minimum absolute atomic E-state index is 0.336. The maximum absolute atomic E-state index is 5.41. The maximum atomic E-state index is 5.41. The fourth-order valence-corrected chi connectivity index (χ4v) is 4.37. The van der Waals surface area contributed by atoms with Gasteiger partial charge in [0.05, 0.1) is 30.6 Å².